The van der Waals surface area contributed by atoms with Gasteiger partial charge in [-0.15, -0.1) is 0 Å². The SMILES string of the molecule is C[C@@H]1CCC[C@H](C)N1C(=O)C[NH+]1CCC(C(N)=O)CC1. The Kier molecular flexibility index (Phi) is 5.02. The Bertz CT molecular complexity index is 354. The average Bonchev–Trinajstić information content (AvgIpc) is 2.39. The Balaban J connectivity index is 1.84. The van der Waals surface area contributed by atoms with Crippen molar-refractivity contribution in [3.63, 3.8) is 0 Å². The van der Waals surface area contributed by atoms with Gasteiger partial charge < -0.3 is 15.5 Å². The third-order valence-electron chi connectivity index (χ3n) is 4.98. The van der Waals surface area contributed by atoms with Crippen LogP contribution in [0.1, 0.15) is 46.0 Å². The molecule has 2 rings (SSSR count). The lowest BCUT2D eigenvalue weighted by Gasteiger charge is -2.39. The highest BCUT2D eigenvalue weighted by Gasteiger charge is 2.33. The van der Waals surface area contributed by atoms with E-state index in [2.05, 4.69) is 18.7 Å². The number of rotatable bonds is 3. The molecular formula is C15H28N3O2+. The van der Waals surface area contributed by atoms with Crippen molar-refractivity contribution in [1.29, 1.82) is 0 Å². The lowest BCUT2D eigenvalue weighted by Crippen LogP contribution is -3.14. The van der Waals surface area contributed by atoms with Crippen LogP contribution >= 0.6 is 0 Å². The summed E-state index contributed by atoms with van der Waals surface area (Å²) >= 11 is 0. The summed E-state index contributed by atoms with van der Waals surface area (Å²) in [7, 11) is 0. The quantitative estimate of drug-likeness (QED) is 0.737. The molecule has 0 aromatic carbocycles. The van der Waals surface area contributed by atoms with Gasteiger partial charge in [-0.05, 0) is 33.1 Å². The van der Waals surface area contributed by atoms with Crippen molar-refractivity contribution < 1.29 is 14.5 Å². The largest absolute Gasteiger partial charge is 0.369 e. The van der Waals surface area contributed by atoms with Crippen LogP contribution in [0.3, 0.4) is 0 Å². The van der Waals surface area contributed by atoms with E-state index in [1.54, 1.807) is 0 Å². The summed E-state index contributed by atoms with van der Waals surface area (Å²) in [6.45, 7) is 6.65. The van der Waals surface area contributed by atoms with Gasteiger partial charge in [-0.1, -0.05) is 0 Å². The van der Waals surface area contributed by atoms with Crippen molar-refractivity contribution in [3.8, 4) is 0 Å². The minimum Gasteiger partial charge on any atom is -0.369 e. The first-order chi connectivity index (χ1) is 9.49. The summed E-state index contributed by atoms with van der Waals surface area (Å²) in [5.74, 6) is 0.104. The summed E-state index contributed by atoms with van der Waals surface area (Å²) in [5.41, 5.74) is 5.34. The number of piperidine rings is 2. The second-order valence-electron chi connectivity index (χ2n) is 6.53. The monoisotopic (exact) mass is 282 g/mol. The molecule has 0 saturated carbocycles. The standard InChI is InChI=1S/C15H27N3O2/c1-11-4-3-5-12(2)18(11)14(19)10-17-8-6-13(7-9-17)15(16)20/h11-13H,3-10H2,1-2H3,(H2,16,20)/p+1/t11-,12+. The molecule has 2 atom stereocenters. The van der Waals surface area contributed by atoms with Gasteiger partial charge in [0.15, 0.2) is 6.54 Å². The lowest BCUT2D eigenvalue weighted by atomic mass is 9.95. The fourth-order valence-electron chi connectivity index (χ4n) is 3.71. The molecule has 2 fully saturated rings. The van der Waals surface area contributed by atoms with E-state index in [-0.39, 0.29) is 17.7 Å². The molecule has 2 heterocycles. The number of amides is 2. The van der Waals surface area contributed by atoms with Crippen molar-refractivity contribution in [2.45, 2.75) is 58.0 Å². The van der Waals surface area contributed by atoms with E-state index in [1.807, 2.05) is 0 Å². The molecule has 20 heavy (non-hydrogen) atoms. The van der Waals surface area contributed by atoms with Gasteiger partial charge in [-0.25, -0.2) is 0 Å². The molecule has 0 unspecified atom stereocenters. The van der Waals surface area contributed by atoms with Gasteiger partial charge in [0.2, 0.25) is 5.91 Å². The highest BCUT2D eigenvalue weighted by atomic mass is 16.2. The van der Waals surface area contributed by atoms with Gasteiger partial charge in [0.1, 0.15) is 0 Å². The minimum atomic E-state index is -0.186. The Hall–Kier alpha value is -1.10. The van der Waals surface area contributed by atoms with Crippen molar-refractivity contribution >= 4 is 11.8 Å². The zero-order valence-electron chi connectivity index (χ0n) is 12.7. The van der Waals surface area contributed by atoms with Crippen LogP contribution in [0.4, 0.5) is 0 Å². The number of nitrogens with two attached hydrogens (primary N) is 1. The van der Waals surface area contributed by atoms with Crippen LogP contribution in [0.25, 0.3) is 0 Å². The Morgan fingerprint density at radius 1 is 1.10 bits per heavy atom. The van der Waals surface area contributed by atoms with Crippen LogP contribution in [0, 0.1) is 5.92 Å². The molecule has 5 nitrogen and oxygen atoms in total. The van der Waals surface area contributed by atoms with Crippen molar-refractivity contribution in [1.82, 2.24) is 4.90 Å². The summed E-state index contributed by atoms with van der Waals surface area (Å²) in [6.07, 6.45) is 5.11. The second kappa shape index (κ2) is 6.57. The summed E-state index contributed by atoms with van der Waals surface area (Å²) in [4.78, 5) is 27.1. The number of hydrogen-bond acceptors (Lipinski definition) is 2. The minimum absolute atomic E-state index is 0.0154. The lowest BCUT2D eigenvalue weighted by molar-refractivity contribution is -0.898. The summed E-state index contributed by atoms with van der Waals surface area (Å²) in [5, 5.41) is 0. The number of quaternary nitrogens is 1. The van der Waals surface area contributed by atoms with Crippen LogP contribution in [0.5, 0.6) is 0 Å². The fourth-order valence-corrected chi connectivity index (χ4v) is 3.71. The number of nitrogens with zero attached hydrogens (tertiary/aromatic N) is 1. The Morgan fingerprint density at radius 2 is 1.65 bits per heavy atom. The zero-order valence-corrected chi connectivity index (χ0v) is 12.7. The van der Waals surface area contributed by atoms with Gasteiger partial charge in [0.05, 0.1) is 13.1 Å². The molecule has 0 radical (unpaired) electrons. The van der Waals surface area contributed by atoms with Crippen LogP contribution in [-0.2, 0) is 9.59 Å². The van der Waals surface area contributed by atoms with Gasteiger partial charge in [0, 0.05) is 30.8 Å². The maximum Gasteiger partial charge on any atom is 0.278 e. The van der Waals surface area contributed by atoms with E-state index in [0.717, 1.165) is 38.8 Å². The Labute approximate surface area is 121 Å². The van der Waals surface area contributed by atoms with Gasteiger partial charge >= 0.3 is 0 Å². The molecule has 2 amide bonds. The van der Waals surface area contributed by atoms with Crippen molar-refractivity contribution in [2.75, 3.05) is 19.6 Å². The van der Waals surface area contributed by atoms with E-state index in [1.165, 1.54) is 11.3 Å². The topological polar surface area (TPSA) is 67.8 Å². The molecule has 0 spiro atoms. The molecule has 114 valence electrons. The molecule has 0 aromatic heterocycles. The molecule has 2 saturated heterocycles. The molecule has 5 heteroatoms. The first kappa shape index (κ1) is 15.3. The van der Waals surface area contributed by atoms with Crippen molar-refractivity contribution in [3.05, 3.63) is 0 Å². The third-order valence-corrected chi connectivity index (χ3v) is 4.98. The van der Waals surface area contributed by atoms with Crippen LogP contribution < -0.4 is 10.6 Å². The third kappa shape index (κ3) is 3.51. The Morgan fingerprint density at radius 3 is 2.15 bits per heavy atom. The van der Waals surface area contributed by atoms with Crippen molar-refractivity contribution in [2.24, 2.45) is 11.7 Å². The van der Waals surface area contributed by atoms with Crippen LogP contribution in [-0.4, -0.2) is 48.4 Å². The smallest absolute Gasteiger partial charge is 0.278 e. The highest BCUT2D eigenvalue weighted by molar-refractivity contribution is 5.78. The molecule has 2 aliphatic rings. The molecule has 2 aliphatic heterocycles. The summed E-state index contributed by atoms with van der Waals surface area (Å²) in [6, 6.07) is 0.739. The number of nitrogens with one attached hydrogen (secondary N) is 1. The number of carbonyl (C=O) groups is 2. The molecule has 0 aromatic rings. The van der Waals surface area contributed by atoms with E-state index in [9.17, 15) is 9.59 Å². The van der Waals surface area contributed by atoms with E-state index >= 15 is 0 Å². The van der Waals surface area contributed by atoms with E-state index in [4.69, 9.17) is 5.73 Å². The van der Waals surface area contributed by atoms with Gasteiger partial charge in [0.25, 0.3) is 5.91 Å². The molecule has 0 bridgehead atoms. The number of likely N-dealkylation sites (tertiary alicyclic amines) is 2. The van der Waals surface area contributed by atoms with Gasteiger partial charge in [-0.3, -0.25) is 9.59 Å². The number of carbonyl (C=O) groups excluding carboxylic acids is 2. The normalized spacial score (nSPS) is 34.8. The van der Waals surface area contributed by atoms with E-state index < -0.39 is 0 Å². The fraction of sp³-hybridized carbons (Fsp3) is 0.867. The molecular weight excluding hydrogens is 254 g/mol. The van der Waals surface area contributed by atoms with Gasteiger partial charge in [-0.2, -0.15) is 0 Å². The first-order valence-electron chi connectivity index (χ1n) is 7.93. The number of hydrogen-bond donors (Lipinski definition) is 2. The highest BCUT2D eigenvalue weighted by Crippen LogP contribution is 2.22. The van der Waals surface area contributed by atoms with E-state index in [0.29, 0.717) is 18.6 Å². The number of primary amides is 1. The maximum absolute atomic E-state index is 12.5. The van der Waals surface area contributed by atoms with Crippen LogP contribution in [0.2, 0.25) is 0 Å². The maximum atomic E-state index is 12.5. The second-order valence-corrected chi connectivity index (χ2v) is 6.53. The molecule has 0 aliphatic carbocycles. The molecule has 3 N–H and O–H groups in total. The summed E-state index contributed by atoms with van der Waals surface area (Å²) < 4.78 is 0. The average molecular weight is 282 g/mol. The van der Waals surface area contributed by atoms with Crippen LogP contribution in [0.15, 0.2) is 0 Å². The predicted molar refractivity (Wildman–Crippen MR) is 77.1 cm³/mol. The first-order valence-corrected chi connectivity index (χ1v) is 7.93. The zero-order chi connectivity index (χ0) is 14.7. The predicted octanol–water partition coefficient (Wildman–Crippen LogP) is -0.444.